The van der Waals surface area contributed by atoms with Crippen molar-refractivity contribution in [3.63, 3.8) is 0 Å². The lowest BCUT2D eigenvalue weighted by molar-refractivity contribution is -0.140. The topological polar surface area (TPSA) is 71.8 Å². The fourth-order valence-electron chi connectivity index (χ4n) is 4.92. The van der Waals surface area contributed by atoms with Crippen LogP contribution in [0.25, 0.3) is 16.7 Å². The van der Waals surface area contributed by atoms with Crippen molar-refractivity contribution in [1.82, 2.24) is 9.47 Å². The molecule has 0 bridgehead atoms. The van der Waals surface area contributed by atoms with Gasteiger partial charge in [-0.05, 0) is 54.4 Å². The molecule has 1 amide bonds. The van der Waals surface area contributed by atoms with Crippen molar-refractivity contribution >= 4 is 28.4 Å². The molecular weight excluding hydrogens is 459 g/mol. The number of rotatable bonds is 5. The molecule has 1 fully saturated rings. The second-order valence-corrected chi connectivity index (χ2v) is 8.95. The standard InChI is InChI=1S/C29H25FN2O4/c1-17-14-20(36-3)12-13-21(17)27(33)25-26(23-16-31(2)24-7-5-4-6-22(23)24)32(29(35)28(25)34)15-18-8-10-19(30)11-9-18/h4-14,16,26,33H,15H2,1-3H3/b27-25+. The Morgan fingerprint density at radius 2 is 1.78 bits per heavy atom. The Balaban J connectivity index is 1.73. The van der Waals surface area contributed by atoms with Gasteiger partial charge in [-0.3, -0.25) is 9.59 Å². The Morgan fingerprint density at radius 3 is 2.47 bits per heavy atom. The number of methoxy groups -OCH3 is 1. The van der Waals surface area contributed by atoms with Gasteiger partial charge in [-0.2, -0.15) is 0 Å². The van der Waals surface area contributed by atoms with E-state index in [1.54, 1.807) is 44.4 Å². The predicted octanol–water partition coefficient (Wildman–Crippen LogP) is 5.26. The van der Waals surface area contributed by atoms with E-state index < -0.39 is 17.7 Å². The number of hydrogen-bond donors (Lipinski definition) is 1. The van der Waals surface area contributed by atoms with Crippen LogP contribution in [-0.4, -0.2) is 33.4 Å². The number of aromatic nitrogens is 1. The predicted molar refractivity (Wildman–Crippen MR) is 135 cm³/mol. The maximum absolute atomic E-state index is 13.5. The van der Waals surface area contributed by atoms with E-state index in [9.17, 15) is 19.1 Å². The van der Waals surface area contributed by atoms with Crippen LogP contribution in [0.1, 0.15) is 28.3 Å². The fourth-order valence-corrected chi connectivity index (χ4v) is 4.92. The summed E-state index contributed by atoms with van der Waals surface area (Å²) in [5.41, 5.74) is 3.49. The number of carbonyl (C=O) groups excluding carboxylic acids is 2. The van der Waals surface area contributed by atoms with Crippen molar-refractivity contribution in [3.05, 3.63) is 107 Å². The lowest BCUT2D eigenvalue weighted by Crippen LogP contribution is -2.29. The number of nitrogens with zero attached hydrogens (tertiary/aromatic N) is 2. The van der Waals surface area contributed by atoms with Gasteiger partial charge in [-0.15, -0.1) is 0 Å². The zero-order valence-corrected chi connectivity index (χ0v) is 20.2. The number of amides is 1. The number of ether oxygens (including phenoxy) is 1. The van der Waals surface area contributed by atoms with E-state index in [1.165, 1.54) is 17.0 Å². The molecule has 4 aromatic rings. The maximum atomic E-state index is 13.5. The van der Waals surface area contributed by atoms with Crippen molar-refractivity contribution in [2.24, 2.45) is 7.05 Å². The van der Waals surface area contributed by atoms with E-state index in [4.69, 9.17) is 4.74 Å². The highest BCUT2D eigenvalue weighted by molar-refractivity contribution is 6.46. The molecular formula is C29H25FN2O4. The number of aliphatic hydroxyl groups excluding tert-OH is 1. The normalized spacial score (nSPS) is 17.2. The van der Waals surface area contributed by atoms with Crippen molar-refractivity contribution < 1.29 is 23.8 Å². The van der Waals surface area contributed by atoms with Gasteiger partial charge in [0.25, 0.3) is 11.7 Å². The summed E-state index contributed by atoms with van der Waals surface area (Å²) >= 11 is 0. The fraction of sp³-hybridized carbons (Fsp3) is 0.172. The Hall–Kier alpha value is -4.39. The Kier molecular flexibility index (Phi) is 5.84. The van der Waals surface area contributed by atoms with Crippen LogP contribution in [0, 0.1) is 12.7 Å². The summed E-state index contributed by atoms with van der Waals surface area (Å²) in [4.78, 5) is 28.2. The summed E-state index contributed by atoms with van der Waals surface area (Å²) in [5, 5.41) is 12.3. The molecule has 1 N–H and O–H groups in total. The van der Waals surface area contributed by atoms with E-state index in [2.05, 4.69) is 0 Å². The third-order valence-corrected chi connectivity index (χ3v) is 6.72. The van der Waals surface area contributed by atoms with E-state index in [0.717, 1.165) is 16.5 Å². The van der Waals surface area contributed by atoms with Gasteiger partial charge in [0.15, 0.2) is 0 Å². The highest BCUT2D eigenvalue weighted by atomic mass is 19.1. The average molecular weight is 485 g/mol. The van der Waals surface area contributed by atoms with Crippen LogP contribution in [-0.2, 0) is 23.2 Å². The molecule has 1 atom stereocenters. The number of carbonyl (C=O) groups is 2. The van der Waals surface area contributed by atoms with Gasteiger partial charge in [-0.25, -0.2) is 4.39 Å². The van der Waals surface area contributed by atoms with Crippen LogP contribution in [0.3, 0.4) is 0 Å². The first-order chi connectivity index (χ1) is 17.3. The molecule has 5 rings (SSSR count). The monoisotopic (exact) mass is 484 g/mol. The summed E-state index contributed by atoms with van der Waals surface area (Å²) in [5.74, 6) is -1.49. The molecule has 1 unspecified atom stereocenters. The molecule has 7 heteroatoms. The van der Waals surface area contributed by atoms with Crippen LogP contribution < -0.4 is 4.74 Å². The van der Waals surface area contributed by atoms with Gasteiger partial charge in [0, 0.05) is 41.8 Å². The van der Waals surface area contributed by atoms with Gasteiger partial charge in [0.2, 0.25) is 0 Å². The molecule has 0 radical (unpaired) electrons. The number of ketones is 1. The van der Waals surface area contributed by atoms with Crippen molar-refractivity contribution in [1.29, 1.82) is 0 Å². The molecule has 6 nitrogen and oxygen atoms in total. The first-order valence-electron chi connectivity index (χ1n) is 11.5. The van der Waals surface area contributed by atoms with Crippen molar-refractivity contribution in [3.8, 4) is 5.75 Å². The van der Waals surface area contributed by atoms with Crippen LogP contribution >= 0.6 is 0 Å². The number of fused-ring (bicyclic) bond motifs is 1. The molecule has 0 aliphatic carbocycles. The number of benzene rings is 3. The van der Waals surface area contributed by atoms with Crippen LogP contribution in [0.2, 0.25) is 0 Å². The summed E-state index contributed by atoms with van der Waals surface area (Å²) in [6, 6.07) is 17.8. The summed E-state index contributed by atoms with van der Waals surface area (Å²) in [7, 11) is 3.45. The molecule has 182 valence electrons. The third-order valence-electron chi connectivity index (χ3n) is 6.72. The summed E-state index contributed by atoms with van der Waals surface area (Å²) in [6.45, 7) is 1.89. The van der Waals surface area contributed by atoms with Crippen LogP contribution in [0.15, 0.2) is 78.5 Å². The molecule has 3 aromatic carbocycles. The Labute approximate surface area is 207 Å². The highest BCUT2D eigenvalue weighted by Crippen LogP contribution is 2.43. The van der Waals surface area contributed by atoms with E-state index in [-0.39, 0.29) is 23.7 Å². The van der Waals surface area contributed by atoms with Gasteiger partial charge in [0.1, 0.15) is 17.3 Å². The molecule has 1 saturated heterocycles. The lowest BCUT2D eigenvalue weighted by atomic mass is 9.93. The Bertz CT molecular complexity index is 1530. The SMILES string of the molecule is COc1ccc(/C(O)=C2\C(=O)C(=O)N(Cc3ccc(F)cc3)C2c2cn(C)c3ccccc23)c(C)c1. The molecule has 1 aliphatic heterocycles. The first-order valence-corrected chi connectivity index (χ1v) is 11.5. The van der Waals surface area contributed by atoms with Gasteiger partial charge in [-0.1, -0.05) is 30.3 Å². The van der Waals surface area contributed by atoms with Crippen molar-refractivity contribution in [2.45, 2.75) is 19.5 Å². The molecule has 1 aliphatic rings. The number of para-hydroxylation sites is 1. The summed E-state index contributed by atoms with van der Waals surface area (Å²) in [6.07, 6.45) is 1.88. The van der Waals surface area contributed by atoms with E-state index >= 15 is 0 Å². The minimum Gasteiger partial charge on any atom is -0.507 e. The van der Waals surface area contributed by atoms with Crippen LogP contribution in [0.5, 0.6) is 5.75 Å². The molecule has 2 heterocycles. The summed E-state index contributed by atoms with van der Waals surface area (Å²) < 4.78 is 20.7. The number of aliphatic hydroxyl groups is 1. The lowest BCUT2D eigenvalue weighted by Gasteiger charge is -2.25. The minimum atomic E-state index is -0.831. The first kappa shape index (κ1) is 23.4. The number of aryl methyl sites for hydroxylation is 2. The smallest absolute Gasteiger partial charge is 0.295 e. The average Bonchev–Trinajstić information content (AvgIpc) is 3.33. The largest absolute Gasteiger partial charge is 0.507 e. The maximum Gasteiger partial charge on any atom is 0.295 e. The number of Topliss-reactive ketones (excluding diaryl/α,β-unsaturated/α-hetero) is 1. The van der Waals surface area contributed by atoms with E-state index in [1.807, 2.05) is 42.1 Å². The van der Waals surface area contributed by atoms with Gasteiger partial charge < -0.3 is 19.3 Å². The van der Waals surface area contributed by atoms with Crippen molar-refractivity contribution in [2.75, 3.05) is 7.11 Å². The highest BCUT2D eigenvalue weighted by Gasteiger charge is 2.47. The molecule has 0 saturated carbocycles. The Morgan fingerprint density at radius 1 is 1.06 bits per heavy atom. The van der Waals surface area contributed by atoms with E-state index in [0.29, 0.717) is 22.4 Å². The van der Waals surface area contributed by atoms with Gasteiger partial charge in [0.05, 0.1) is 18.7 Å². The zero-order chi connectivity index (χ0) is 25.6. The molecule has 0 spiro atoms. The second-order valence-electron chi connectivity index (χ2n) is 8.95. The second kappa shape index (κ2) is 9.00. The van der Waals surface area contributed by atoms with Crippen LogP contribution in [0.4, 0.5) is 4.39 Å². The van der Waals surface area contributed by atoms with Gasteiger partial charge >= 0.3 is 0 Å². The quantitative estimate of drug-likeness (QED) is 0.238. The number of halogens is 1. The molecule has 36 heavy (non-hydrogen) atoms. The zero-order valence-electron chi connectivity index (χ0n) is 20.2. The third kappa shape index (κ3) is 3.82. The number of likely N-dealkylation sites (tertiary alicyclic amines) is 1. The molecule has 1 aromatic heterocycles. The minimum absolute atomic E-state index is 0.0201. The number of hydrogen-bond acceptors (Lipinski definition) is 4.